The Morgan fingerprint density at radius 2 is 1.92 bits per heavy atom. The molecule has 3 aliphatic heterocycles. The molecule has 0 saturated carbocycles. The van der Waals surface area contributed by atoms with Crippen LogP contribution in [0.25, 0.3) is 10.9 Å². The van der Waals surface area contributed by atoms with Gasteiger partial charge in [-0.3, -0.25) is 14.6 Å². The van der Waals surface area contributed by atoms with Crippen molar-refractivity contribution in [2.24, 2.45) is 5.92 Å². The molecule has 37 heavy (non-hydrogen) atoms. The lowest BCUT2D eigenvalue weighted by Crippen LogP contribution is -2.53. The van der Waals surface area contributed by atoms with Gasteiger partial charge in [-0.25, -0.2) is 9.18 Å². The van der Waals surface area contributed by atoms with E-state index < -0.39 is 17.4 Å². The van der Waals surface area contributed by atoms with Crippen LogP contribution in [0.3, 0.4) is 0 Å². The molecule has 2 atom stereocenters. The quantitative estimate of drug-likeness (QED) is 0.467. The number of amides is 3. The number of hydrogen-bond donors (Lipinski definition) is 2. The molecule has 4 heterocycles. The number of phenolic OH excluding ortho intramolecular Hbond substituents is 1. The SMILES string of the molecule is CC1CCN(CCN2C(=O)N3C(c4cccc(O)c4)c4[nH]c5cc(F)c(Cl)cc5c4CC3(C)C2=O)CC1. The van der Waals surface area contributed by atoms with E-state index in [9.17, 15) is 19.1 Å². The zero-order valence-corrected chi connectivity index (χ0v) is 21.7. The van der Waals surface area contributed by atoms with Crippen LogP contribution in [0.1, 0.15) is 49.6 Å². The van der Waals surface area contributed by atoms with Crippen LogP contribution < -0.4 is 0 Å². The van der Waals surface area contributed by atoms with Gasteiger partial charge < -0.3 is 15.0 Å². The Labute approximate surface area is 219 Å². The van der Waals surface area contributed by atoms with Crippen LogP contribution in [0.5, 0.6) is 5.75 Å². The molecule has 9 heteroatoms. The Morgan fingerprint density at radius 3 is 2.65 bits per heavy atom. The van der Waals surface area contributed by atoms with E-state index in [0.717, 1.165) is 36.9 Å². The lowest BCUT2D eigenvalue weighted by atomic mass is 9.81. The maximum Gasteiger partial charge on any atom is 0.328 e. The topological polar surface area (TPSA) is 79.9 Å². The molecule has 2 N–H and O–H groups in total. The Hall–Kier alpha value is -3.10. The van der Waals surface area contributed by atoms with Crippen molar-refractivity contribution in [2.75, 3.05) is 26.2 Å². The van der Waals surface area contributed by atoms with E-state index in [1.165, 1.54) is 11.0 Å². The van der Waals surface area contributed by atoms with E-state index >= 15 is 0 Å². The number of piperidine rings is 1. The summed E-state index contributed by atoms with van der Waals surface area (Å²) in [5.41, 5.74) is 1.62. The zero-order chi connectivity index (χ0) is 26.1. The van der Waals surface area contributed by atoms with Gasteiger partial charge in [0.25, 0.3) is 5.91 Å². The number of likely N-dealkylation sites (tertiary alicyclic amines) is 1. The number of aromatic nitrogens is 1. The predicted molar refractivity (Wildman–Crippen MR) is 139 cm³/mol. The minimum Gasteiger partial charge on any atom is -0.508 e. The number of H-pyrrole nitrogens is 1. The average Bonchev–Trinajstić information content (AvgIpc) is 3.29. The van der Waals surface area contributed by atoms with E-state index in [4.69, 9.17) is 11.6 Å². The maximum atomic E-state index is 14.3. The Bertz CT molecular complexity index is 1420. The minimum absolute atomic E-state index is 0.00193. The number of aromatic amines is 1. The molecule has 2 fully saturated rings. The van der Waals surface area contributed by atoms with Crippen molar-refractivity contribution in [3.05, 3.63) is 64.1 Å². The van der Waals surface area contributed by atoms with Crippen molar-refractivity contribution in [3.8, 4) is 5.75 Å². The van der Waals surface area contributed by atoms with Crippen molar-refractivity contribution < 1.29 is 19.1 Å². The van der Waals surface area contributed by atoms with Gasteiger partial charge in [0.1, 0.15) is 23.1 Å². The third kappa shape index (κ3) is 3.80. The molecule has 6 rings (SSSR count). The van der Waals surface area contributed by atoms with Gasteiger partial charge in [-0.2, -0.15) is 0 Å². The summed E-state index contributed by atoms with van der Waals surface area (Å²) in [6.45, 7) is 6.98. The highest BCUT2D eigenvalue weighted by Crippen LogP contribution is 2.49. The number of nitrogens with one attached hydrogen (secondary N) is 1. The van der Waals surface area contributed by atoms with Crippen molar-refractivity contribution >= 4 is 34.4 Å². The van der Waals surface area contributed by atoms with Crippen LogP contribution in [0.15, 0.2) is 36.4 Å². The van der Waals surface area contributed by atoms with Crippen LogP contribution in [0.2, 0.25) is 5.02 Å². The molecule has 3 aliphatic rings. The first-order chi connectivity index (χ1) is 17.7. The first-order valence-corrected chi connectivity index (χ1v) is 13.2. The molecule has 3 amide bonds. The fourth-order valence-corrected chi connectivity index (χ4v) is 6.44. The molecule has 7 nitrogen and oxygen atoms in total. The number of urea groups is 1. The van der Waals surface area contributed by atoms with Crippen molar-refractivity contribution in [2.45, 2.75) is 44.7 Å². The number of benzene rings is 2. The van der Waals surface area contributed by atoms with Crippen LogP contribution >= 0.6 is 11.6 Å². The Balaban J connectivity index is 1.42. The van der Waals surface area contributed by atoms with Gasteiger partial charge in [-0.05, 0) is 74.2 Å². The van der Waals surface area contributed by atoms with E-state index in [0.29, 0.717) is 35.8 Å². The number of hydrogen-bond acceptors (Lipinski definition) is 4. The standard InChI is InChI=1S/C28H30ClFN4O3/c1-16-6-8-32(9-7-16)10-11-33-26(36)28(2)15-20-19-13-21(29)22(30)14-23(19)31-24(20)25(34(28)27(33)37)17-4-3-5-18(35)12-17/h3-5,12-14,16,25,31,35H,6-11,15H2,1-2H3. The molecular weight excluding hydrogens is 495 g/mol. The second-order valence-electron chi connectivity index (χ2n) is 10.9. The second-order valence-corrected chi connectivity index (χ2v) is 11.3. The molecule has 0 spiro atoms. The first kappa shape index (κ1) is 24.2. The van der Waals surface area contributed by atoms with Gasteiger partial charge in [0.2, 0.25) is 0 Å². The summed E-state index contributed by atoms with van der Waals surface area (Å²) >= 11 is 6.14. The number of nitrogens with zero attached hydrogens (tertiary/aromatic N) is 3. The molecule has 1 aromatic heterocycles. The van der Waals surface area contributed by atoms with E-state index in [1.807, 2.05) is 6.07 Å². The minimum atomic E-state index is -1.13. The number of imide groups is 1. The molecule has 0 bridgehead atoms. The van der Waals surface area contributed by atoms with Crippen LogP contribution in [0.4, 0.5) is 9.18 Å². The van der Waals surface area contributed by atoms with Gasteiger partial charge in [0.15, 0.2) is 0 Å². The lowest BCUT2D eigenvalue weighted by Gasteiger charge is -2.42. The largest absolute Gasteiger partial charge is 0.508 e. The third-order valence-electron chi connectivity index (χ3n) is 8.41. The van der Waals surface area contributed by atoms with Gasteiger partial charge in [0.05, 0.1) is 5.02 Å². The van der Waals surface area contributed by atoms with Crippen LogP contribution in [0, 0.1) is 11.7 Å². The lowest BCUT2D eigenvalue weighted by molar-refractivity contribution is -0.133. The van der Waals surface area contributed by atoms with Crippen LogP contribution in [-0.2, 0) is 11.2 Å². The number of fused-ring (bicyclic) bond motifs is 4. The molecule has 2 aromatic carbocycles. The van der Waals surface area contributed by atoms with Crippen molar-refractivity contribution in [3.63, 3.8) is 0 Å². The molecule has 2 unspecified atom stereocenters. The highest BCUT2D eigenvalue weighted by Gasteiger charge is 2.60. The summed E-state index contributed by atoms with van der Waals surface area (Å²) < 4.78 is 14.3. The monoisotopic (exact) mass is 524 g/mol. The molecule has 3 aromatic rings. The zero-order valence-electron chi connectivity index (χ0n) is 20.9. The number of carbonyl (C=O) groups excluding carboxylic acids is 2. The third-order valence-corrected chi connectivity index (χ3v) is 8.70. The molecule has 194 valence electrons. The van der Waals surface area contributed by atoms with E-state index in [-0.39, 0.29) is 29.1 Å². The van der Waals surface area contributed by atoms with Crippen LogP contribution in [-0.4, -0.2) is 68.4 Å². The van der Waals surface area contributed by atoms with Crippen molar-refractivity contribution in [1.29, 1.82) is 0 Å². The summed E-state index contributed by atoms with van der Waals surface area (Å²) in [6, 6.07) is 8.63. The summed E-state index contributed by atoms with van der Waals surface area (Å²) in [5, 5.41) is 11.0. The van der Waals surface area contributed by atoms with E-state index in [2.05, 4.69) is 16.8 Å². The van der Waals surface area contributed by atoms with Gasteiger partial charge in [-0.1, -0.05) is 30.7 Å². The molecule has 2 saturated heterocycles. The number of aromatic hydroxyl groups is 1. The number of halogens is 2. The Kier molecular flexibility index (Phi) is 5.73. The predicted octanol–water partition coefficient (Wildman–Crippen LogP) is 5.07. The summed E-state index contributed by atoms with van der Waals surface area (Å²) in [7, 11) is 0. The molecule has 0 aliphatic carbocycles. The fraction of sp³-hybridized carbons (Fsp3) is 0.429. The number of phenols is 1. The number of rotatable bonds is 4. The van der Waals surface area contributed by atoms with E-state index in [1.54, 1.807) is 36.1 Å². The highest BCUT2D eigenvalue weighted by molar-refractivity contribution is 6.31. The van der Waals surface area contributed by atoms with Gasteiger partial charge in [-0.15, -0.1) is 0 Å². The smallest absolute Gasteiger partial charge is 0.328 e. The van der Waals surface area contributed by atoms with Crippen molar-refractivity contribution in [1.82, 2.24) is 19.7 Å². The average molecular weight is 525 g/mol. The molecule has 0 radical (unpaired) electrons. The summed E-state index contributed by atoms with van der Waals surface area (Å²) in [4.78, 5) is 36.5. The highest BCUT2D eigenvalue weighted by atomic mass is 35.5. The fourth-order valence-electron chi connectivity index (χ4n) is 6.28. The maximum absolute atomic E-state index is 14.3. The Morgan fingerprint density at radius 1 is 1.16 bits per heavy atom. The summed E-state index contributed by atoms with van der Waals surface area (Å²) in [5.74, 6) is -0.0150. The normalized spacial score (nSPS) is 24.7. The first-order valence-electron chi connectivity index (χ1n) is 12.8. The second kappa shape index (κ2) is 8.74. The number of carbonyl (C=O) groups is 2. The molecular formula is C28H30ClFN4O3. The van der Waals surface area contributed by atoms with Gasteiger partial charge in [0, 0.05) is 36.1 Å². The van der Waals surface area contributed by atoms with Gasteiger partial charge >= 0.3 is 6.03 Å². The summed E-state index contributed by atoms with van der Waals surface area (Å²) in [6.07, 6.45) is 2.52.